The summed E-state index contributed by atoms with van der Waals surface area (Å²) in [6.45, 7) is 1.90. The number of amides is 1. The van der Waals surface area contributed by atoms with Crippen molar-refractivity contribution in [3.63, 3.8) is 0 Å². The summed E-state index contributed by atoms with van der Waals surface area (Å²) in [7, 11) is 0. The summed E-state index contributed by atoms with van der Waals surface area (Å²) in [4.78, 5) is 14.7. The van der Waals surface area contributed by atoms with Crippen molar-refractivity contribution in [1.29, 1.82) is 0 Å². The van der Waals surface area contributed by atoms with E-state index < -0.39 is 17.9 Å². The van der Waals surface area contributed by atoms with Gasteiger partial charge in [0.2, 0.25) is 0 Å². The highest BCUT2D eigenvalue weighted by molar-refractivity contribution is 6.11. The Kier molecular flexibility index (Phi) is 4.34. The number of carbonyl (C=O) groups is 1. The van der Waals surface area contributed by atoms with E-state index >= 15 is 0 Å². The Labute approximate surface area is 160 Å². The zero-order valence-corrected chi connectivity index (χ0v) is 15.0. The van der Waals surface area contributed by atoms with Crippen LogP contribution in [0.2, 0.25) is 0 Å². The molecule has 0 radical (unpaired) electrons. The largest absolute Gasteiger partial charge is 0.416 e. The van der Waals surface area contributed by atoms with Crippen LogP contribution in [0, 0.1) is 6.92 Å². The molecule has 0 saturated carbocycles. The van der Waals surface area contributed by atoms with Gasteiger partial charge in [-0.05, 0) is 42.8 Å². The van der Waals surface area contributed by atoms with Crippen LogP contribution in [0.3, 0.4) is 0 Å². The number of alkyl halides is 3. The Balaban J connectivity index is 1.78. The van der Waals surface area contributed by atoms with Crippen LogP contribution in [0.5, 0.6) is 0 Å². The summed E-state index contributed by atoms with van der Waals surface area (Å²) in [5.74, 6) is -0.186. The van der Waals surface area contributed by atoms with Crippen LogP contribution < -0.4 is 10.2 Å². The third kappa shape index (κ3) is 3.11. The predicted molar refractivity (Wildman–Crippen MR) is 102 cm³/mol. The van der Waals surface area contributed by atoms with E-state index in [2.05, 4.69) is 5.32 Å². The lowest BCUT2D eigenvalue weighted by molar-refractivity contribution is -0.137. The number of para-hydroxylation sites is 1. The van der Waals surface area contributed by atoms with E-state index in [1.807, 2.05) is 43.3 Å². The number of aryl methyl sites for hydroxylation is 1. The zero-order valence-electron chi connectivity index (χ0n) is 15.0. The molecule has 1 amide bonds. The molecule has 1 atom stereocenters. The van der Waals surface area contributed by atoms with Gasteiger partial charge in [0.25, 0.3) is 5.91 Å². The average molecular weight is 382 g/mol. The molecule has 1 aliphatic heterocycles. The molecule has 1 N–H and O–H groups in total. The minimum Gasteiger partial charge on any atom is -0.361 e. The molecule has 4 rings (SSSR count). The second-order valence-corrected chi connectivity index (χ2v) is 6.67. The maximum Gasteiger partial charge on any atom is 0.416 e. The van der Waals surface area contributed by atoms with E-state index in [0.29, 0.717) is 16.9 Å². The van der Waals surface area contributed by atoms with Crippen LogP contribution in [0.4, 0.5) is 24.5 Å². The molecule has 0 saturated heterocycles. The van der Waals surface area contributed by atoms with Crippen molar-refractivity contribution in [1.82, 2.24) is 0 Å². The van der Waals surface area contributed by atoms with Gasteiger partial charge in [-0.1, -0.05) is 42.5 Å². The van der Waals surface area contributed by atoms with E-state index in [0.717, 1.165) is 23.3 Å². The molecule has 0 aromatic heterocycles. The lowest BCUT2D eigenvalue weighted by Crippen LogP contribution is -2.32. The average Bonchev–Trinajstić information content (AvgIpc) is 2.94. The monoisotopic (exact) mass is 382 g/mol. The van der Waals surface area contributed by atoms with Gasteiger partial charge in [-0.3, -0.25) is 9.69 Å². The van der Waals surface area contributed by atoms with Crippen molar-refractivity contribution in [2.75, 3.05) is 10.2 Å². The van der Waals surface area contributed by atoms with Crippen LogP contribution in [0.1, 0.15) is 33.2 Å². The predicted octanol–water partition coefficient (Wildman–Crippen LogP) is 5.78. The lowest BCUT2D eigenvalue weighted by atomic mass is 10.1. The Hall–Kier alpha value is -3.28. The van der Waals surface area contributed by atoms with Crippen LogP contribution in [-0.2, 0) is 6.18 Å². The molecule has 142 valence electrons. The fourth-order valence-electron chi connectivity index (χ4n) is 3.48. The minimum atomic E-state index is -4.43. The Morgan fingerprint density at radius 2 is 1.64 bits per heavy atom. The number of rotatable bonds is 3. The first-order valence-electron chi connectivity index (χ1n) is 8.78. The van der Waals surface area contributed by atoms with Crippen LogP contribution in [0.15, 0.2) is 72.8 Å². The summed E-state index contributed by atoms with van der Waals surface area (Å²) in [5.41, 5.74) is 2.44. The maximum absolute atomic E-state index is 13.1. The number of anilines is 2. The molecule has 1 aliphatic rings. The summed E-state index contributed by atoms with van der Waals surface area (Å²) < 4.78 is 39.3. The fourth-order valence-corrected chi connectivity index (χ4v) is 3.48. The Morgan fingerprint density at radius 1 is 0.929 bits per heavy atom. The highest BCUT2D eigenvalue weighted by Gasteiger charge is 2.38. The SMILES string of the molecule is Cc1ccccc1N1C(=O)c2ccccc2C1Nc1cccc(C(F)(F)F)c1. The first-order chi connectivity index (χ1) is 13.4. The number of fused-ring (bicyclic) bond motifs is 1. The number of hydrogen-bond acceptors (Lipinski definition) is 2. The van der Waals surface area contributed by atoms with Crippen molar-refractivity contribution >= 4 is 17.3 Å². The third-order valence-electron chi connectivity index (χ3n) is 4.83. The van der Waals surface area contributed by atoms with Crippen molar-refractivity contribution in [2.45, 2.75) is 19.3 Å². The van der Waals surface area contributed by atoms with Gasteiger partial charge < -0.3 is 5.32 Å². The van der Waals surface area contributed by atoms with E-state index in [1.165, 1.54) is 6.07 Å². The first-order valence-corrected chi connectivity index (χ1v) is 8.78. The summed E-state index contributed by atoms with van der Waals surface area (Å²) in [5, 5.41) is 3.12. The number of nitrogens with zero attached hydrogens (tertiary/aromatic N) is 1. The summed E-state index contributed by atoms with van der Waals surface area (Å²) in [6, 6.07) is 19.6. The second kappa shape index (κ2) is 6.71. The zero-order chi connectivity index (χ0) is 19.9. The van der Waals surface area contributed by atoms with Gasteiger partial charge in [0.1, 0.15) is 6.17 Å². The number of nitrogens with one attached hydrogen (secondary N) is 1. The van der Waals surface area contributed by atoms with Gasteiger partial charge in [-0.2, -0.15) is 13.2 Å². The first kappa shape index (κ1) is 18.1. The molecule has 0 aliphatic carbocycles. The molecule has 1 unspecified atom stereocenters. The van der Waals surface area contributed by atoms with Gasteiger partial charge in [0.05, 0.1) is 5.56 Å². The highest BCUT2D eigenvalue weighted by Crippen LogP contribution is 2.40. The number of carbonyl (C=O) groups excluding carboxylic acids is 1. The van der Waals surface area contributed by atoms with Crippen molar-refractivity contribution in [2.24, 2.45) is 0 Å². The lowest BCUT2D eigenvalue weighted by Gasteiger charge is -2.28. The van der Waals surface area contributed by atoms with E-state index in [9.17, 15) is 18.0 Å². The van der Waals surface area contributed by atoms with Crippen LogP contribution in [0.25, 0.3) is 0 Å². The molecule has 28 heavy (non-hydrogen) atoms. The molecule has 1 heterocycles. The number of hydrogen-bond donors (Lipinski definition) is 1. The number of halogens is 3. The minimum absolute atomic E-state index is 0.186. The van der Waals surface area contributed by atoms with E-state index in [-0.39, 0.29) is 5.91 Å². The molecular weight excluding hydrogens is 365 g/mol. The molecule has 3 aromatic rings. The Morgan fingerprint density at radius 3 is 2.39 bits per heavy atom. The van der Waals surface area contributed by atoms with Gasteiger partial charge in [-0.25, -0.2) is 0 Å². The topological polar surface area (TPSA) is 32.3 Å². The normalized spacial score (nSPS) is 16.2. The molecule has 3 aromatic carbocycles. The summed E-state index contributed by atoms with van der Waals surface area (Å²) in [6.07, 6.45) is -5.04. The molecule has 3 nitrogen and oxygen atoms in total. The molecular formula is C22H17F3N2O. The summed E-state index contributed by atoms with van der Waals surface area (Å²) >= 11 is 0. The van der Waals surface area contributed by atoms with E-state index in [4.69, 9.17) is 0 Å². The van der Waals surface area contributed by atoms with Gasteiger partial charge in [-0.15, -0.1) is 0 Å². The van der Waals surface area contributed by atoms with Crippen LogP contribution in [-0.4, -0.2) is 5.91 Å². The quantitative estimate of drug-likeness (QED) is 0.622. The van der Waals surface area contributed by atoms with Crippen molar-refractivity contribution in [3.8, 4) is 0 Å². The fraction of sp³-hybridized carbons (Fsp3) is 0.136. The highest BCUT2D eigenvalue weighted by atomic mass is 19.4. The molecule has 6 heteroatoms. The second-order valence-electron chi connectivity index (χ2n) is 6.67. The van der Waals surface area contributed by atoms with Crippen LogP contribution >= 0.6 is 0 Å². The number of benzene rings is 3. The maximum atomic E-state index is 13.1. The van der Waals surface area contributed by atoms with Gasteiger partial charge in [0, 0.05) is 22.5 Å². The Bertz CT molecular complexity index is 1050. The van der Waals surface area contributed by atoms with Gasteiger partial charge >= 0.3 is 6.18 Å². The molecule has 0 fully saturated rings. The van der Waals surface area contributed by atoms with E-state index in [1.54, 1.807) is 23.1 Å². The standard InChI is InChI=1S/C22H17F3N2O/c1-14-7-2-5-12-19(14)27-20(17-10-3-4-11-18(17)21(27)28)26-16-9-6-8-15(13-16)22(23,24)25/h2-13,20,26H,1H3. The molecule has 0 bridgehead atoms. The third-order valence-corrected chi connectivity index (χ3v) is 4.83. The van der Waals surface area contributed by atoms with Crippen molar-refractivity contribution in [3.05, 3.63) is 95.1 Å². The van der Waals surface area contributed by atoms with Crippen molar-refractivity contribution < 1.29 is 18.0 Å². The van der Waals surface area contributed by atoms with Gasteiger partial charge in [0.15, 0.2) is 0 Å². The molecule has 0 spiro atoms. The smallest absolute Gasteiger partial charge is 0.361 e.